The summed E-state index contributed by atoms with van der Waals surface area (Å²) in [6.07, 6.45) is 0. The van der Waals surface area contributed by atoms with E-state index in [1.54, 1.807) is 27.7 Å². The Bertz CT molecular complexity index is 442. The second kappa shape index (κ2) is 5.99. The molecule has 0 amide bonds. The number of aromatic amines is 1. The number of Topliss-reactive ketones (excluding diaryl/α,β-unsaturated/α-hetero) is 1. The molecule has 6 nitrogen and oxygen atoms in total. The number of ketones is 1. The van der Waals surface area contributed by atoms with Gasteiger partial charge in [-0.25, -0.2) is 4.98 Å². The maximum Gasteiger partial charge on any atom is 0.319 e. The van der Waals surface area contributed by atoms with Gasteiger partial charge in [0.25, 0.3) is 0 Å². The minimum Gasteiger partial charge on any atom is -0.465 e. The van der Waals surface area contributed by atoms with Crippen LogP contribution in [0, 0.1) is 12.3 Å². The van der Waals surface area contributed by atoms with Crippen molar-refractivity contribution < 1.29 is 14.3 Å². The number of carbonyl (C=O) groups excluding carboxylic acids is 2. The summed E-state index contributed by atoms with van der Waals surface area (Å²) in [6.45, 7) is 6.89. The van der Waals surface area contributed by atoms with Crippen molar-refractivity contribution >= 4 is 23.5 Å². The zero-order valence-electron chi connectivity index (χ0n) is 10.9. The lowest BCUT2D eigenvalue weighted by molar-refractivity contribution is -0.157. The van der Waals surface area contributed by atoms with Crippen LogP contribution < -0.4 is 0 Å². The first kappa shape index (κ1) is 14.7. The highest BCUT2D eigenvalue weighted by atomic mass is 32.2. The summed E-state index contributed by atoms with van der Waals surface area (Å²) in [5.74, 6) is 0.133. The van der Waals surface area contributed by atoms with Crippen molar-refractivity contribution in [3.05, 3.63) is 5.82 Å². The molecule has 0 bridgehead atoms. The Labute approximate surface area is 110 Å². The Hall–Kier alpha value is -1.37. The molecule has 0 aromatic carbocycles. The smallest absolute Gasteiger partial charge is 0.319 e. The monoisotopic (exact) mass is 271 g/mol. The number of aromatic nitrogens is 3. The van der Waals surface area contributed by atoms with Crippen LogP contribution in [0.4, 0.5) is 0 Å². The highest BCUT2D eigenvalue weighted by molar-refractivity contribution is 7.99. The fourth-order valence-electron chi connectivity index (χ4n) is 1.12. The number of esters is 1. The number of hydrogen-bond donors (Lipinski definition) is 1. The van der Waals surface area contributed by atoms with Crippen LogP contribution in [0.5, 0.6) is 0 Å². The molecule has 0 fully saturated rings. The lowest BCUT2D eigenvalue weighted by Crippen LogP contribution is -2.36. The molecule has 18 heavy (non-hydrogen) atoms. The van der Waals surface area contributed by atoms with Gasteiger partial charge in [-0.15, -0.1) is 5.10 Å². The van der Waals surface area contributed by atoms with Crippen LogP contribution in [-0.4, -0.2) is 39.3 Å². The number of thioether (sulfide) groups is 1. The predicted octanol–water partition coefficient (Wildman–Crippen LogP) is 1.36. The van der Waals surface area contributed by atoms with Gasteiger partial charge in [-0.2, -0.15) is 0 Å². The van der Waals surface area contributed by atoms with Gasteiger partial charge in [0.1, 0.15) is 11.2 Å². The van der Waals surface area contributed by atoms with E-state index in [-0.39, 0.29) is 18.1 Å². The zero-order valence-corrected chi connectivity index (χ0v) is 11.8. The molecule has 0 aliphatic rings. The zero-order chi connectivity index (χ0) is 13.8. The average molecular weight is 271 g/mol. The van der Waals surface area contributed by atoms with Gasteiger partial charge in [0.15, 0.2) is 5.78 Å². The molecular weight excluding hydrogens is 254 g/mol. The van der Waals surface area contributed by atoms with Crippen molar-refractivity contribution in [2.75, 3.05) is 12.4 Å². The molecule has 0 aliphatic heterocycles. The van der Waals surface area contributed by atoms with Crippen LogP contribution in [0.2, 0.25) is 0 Å². The van der Waals surface area contributed by atoms with E-state index in [2.05, 4.69) is 15.2 Å². The Kier molecular flexibility index (Phi) is 4.89. The lowest BCUT2D eigenvalue weighted by Gasteiger charge is -2.20. The van der Waals surface area contributed by atoms with Gasteiger partial charge in [-0.05, 0) is 27.7 Å². The van der Waals surface area contributed by atoms with Crippen LogP contribution in [0.3, 0.4) is 0 Å². The molecule has 0 saturated carbocycles. The number of aryl methyl sites for hydroxylation is 1. The topological polar surface area (TPSA) is 84.9 Å². The molecule has 1 aromatic rings. The van der Waals surface area contributed by atoms with Crippen LogP contribution in [0.15, 0.2) is 5.16 Å². The summed E-state index contributed by atoms with van der Waals surface area (Å²) in [5, 5.41) is 7.10. The van der Waals surface area contributed by atoms with Crippen LogP contribution in [0.25, 0.3) is 0 Å². The number of nitrogens with one attached hydrogen (secondary N) is 1. The molecule has 0 unspecified atom stereocenters. The summed E-state index contributed by atoms with van der Waals surface area (Å²) in [4.78, 5) is 27.7. The second-order valence-electron chi connectivity index (χ2n) is 4.26. The Morgan fingerprint density at radius 1 is 1.44 bits per heavy atom. The number of ether oxygens (including phenoxy) is 1. The number of hydrogen-bond acceptors (Lipinski definition) is 6. The number of nitrogens with zero attached hydrogens (tertiary/aromatic N) is 2. The van der Waals surface area contributed by atoms with E-state index in [0.29, 0.717) is 11.0 Å². The normalized spacial score (nSPS) is 11.3. The Morgan fingerprint density at radius 3 is 2.61 bits per heavy atom. The molecule has 0 saturated heterocycles. The summed E-state index contributed by atoms with van der Waals surface area (Å²) >= 11 is 1.20. The molecule has 1 heterocycles. The van der Waals surface area contributed by atoms with Gasteiger partial charge in [-0.3, -0.25) is 14.7 Å². The highest BCUT2D eigenvalue weighted by Crippen LogP contribution is 2.23. The summed E-state index contributed by atoms with van der Waals surface area (Å²) in [5.41, 5.74) is -1.13. The molecule has 1 rings (SSSR count). The molecule has 100 valence electrons. The third kappa shape index (κ3) is 3.56. The highest BCUT2D eigenvalue weighted by Gasteiger charge is 2.37. The van der Waals surface area contributed by atoms with Gasteiger partial charge in [0.05, 0.1) is 12.4 Å². The SMILES string of the molecule is CCOC(=O)C(C)(C)C(=O)CSc1n[nH]c(C)n1. The lowest BCUT2D eigenvalue weighted by atomic mass is 9.89. The molecule has 0 spiro atoms. The van der Waals surface area contributed by atoms with E-state index in [4.69, 9.17) is 4.74 Å². The van der Waals surface area contributed by atoms with E-state index in [1.807, 2.05) is 0 Å². The molecule has 1 aromatic heterocycles. The fraction of sp³-hybridized carbons (Fsp3) is 0.636. The quantitative estimate of drug-likeness (QED) is 0.478. The average Bonchev–Trinajstić information content (AvgIpc) is 2.72. The van der Waals surface area contributed by atoms with E-state index >= 15 is 0 Å². The summed E-state index contributed by atoms with van der Waals surface area (Å²) in [7, 11) is 0. The largest absolute Gasteiger partial charge is 0.465 e. The van der Waals surface area contributed by atoms with Crippen molar-refractivity contribution in [1.29, 1.82) is 0 Å². The molecule has 7 heteroatoms. The Morgan fingerprint density at radius 2 is 2.11 bits per heavy atom. The van der Waals surface area contributed by atoms with Crippen LogP contribution in [-0.2, 0) is 14.3 Å². The van der Waals surface area contributed by atoms with Crippen molar-refractivity contribution in [2.24, 2.45) is 5.41 Å². The van der Waals surface area contributed by atoms with Gasteiger partial charge in [-0.1, -0.05) is 11.8 Å². The Balaban J connectivity index is 2.56. The number of H-pyrrole nitrogens is 1. The van der Waals surface area contributed by atoms with Gasteiger partial charge in [0.2, 0.25) is 5.16 Å². The number of rotatable bonds is 6. The molecule has 0 atom stereocenters. The maximum absolute atomic E-state index is 12.0. The third-order valence-corrected chi connectivity index (χ3v) is 3.24. The molecule has 1 N–H and O–H groups in total. The molecule has 0 aliphatic carbocycles. The first-order chi connectivity index (χ1) is 8.37. The fourth-order valence-corrected chi connectivity index (χ4v) is 2.06. The van der Waals surface area contributed by atoms with Gasteiger partial charge >= 0.3 is 5.97 Å². The standard InChI is InChI=1S/C11H17N3O3S/c1-5-17-9(16)11(3,4)8(15)6-18-10-12-7(2)13-14-10/h5-6H2,1-4H3,(H,12,13,14). The summed E-state index contributed by atoms with van der Waals surface area (Å²) < 4.78 is 4.88. The first-order valence-corrected chi connectivity index (χ1v) is 6.58. The van der Waals surface area contributed by atoms with Crippen molar-refractivity contribution in [3.63, 3.8) is 0 Å². The minimum atomic E-state index is -1.13. The predicted molar refractivity (Wildman–Crippen MR) is 67.3 cm³/mol. The van der Waals surface area contributed by atoms with E-state index in [9.17, 15) is 9.59 Å². The second-order valence-corrected chi connectivity index (χ2v) is 5.20. The van der Waals surface area contributed by atoms with Crippen LogP contribution >= 0.6 is 11.8 Å². The van der Waals surface area contributed by atoms with Crippen molar-refractivity contribution in [1.82, 2.24) is 15.2 Å². The molecular formula is C11H17N3O3S. The van der Waals surface area contributed by atoms with Crippen molar-refractivity contribution in [3.8, 4) is 0 Å². The van der Waals surface area contributed by atoms with E-state index in [0.717, 1.165) is 0 Å². The van der Waals surface area contributed by atoms with E-state index < -0.39 is 11.4 Å². The summed E-state index contributed by atoms with van der Waals surface area (Å²) in [6, 6.07) is 0. The maximum atomic E-state index is 12.0. The van der Waals surface area contributed by atoms with Crippen molar-refractivity contribution in [2.45, 2.75) is 32.9 Å². The minimum absolute atomic E-state index is 0.142. The molecule has 0 radical (unpaired) electrons. The number of carbonyl (C=O) groups is 2. The van der Waals surface area contributed by atoms with Gasteiger partial charge in [0, 0.05) is 0 Å². The van der Waals surface area contributed by atoms with E-state index in [1.165, 1.54) is 11.8 Å². The third-order valence-electron chi connectivity index (χ3n) is 2.39. The van der Waals surface area contributed by atoms with Gasteiger partial charge < -0.3 is 4.74 Å². The first-order valence-electron chi connectivity index (χ1n) is 5.60. The van der Waals surface area contributed by atoms with Crippen LogP contribution in [0.1, 0.15) is 26.6 Å².